The average molecular weight is 318 g/mol. The first kappa shape index (κ1) is 18.0. The van der Waals surface area contributed by atoms with E-state index >= 15 is 0 Å². The highest BCUT2D eigenvalue weighted by Gasteiger charge is 2.31. The zero-order valence-electron chi connectivity index (χ0n) is 15.1. The Morgan fingerprint density at radius 3 is 2.43 bits per heavy atom. The van der Waals surface area contributed by atoms with E-state index in [1.54, 1.807) is 0 Å². The van der Waals surface area contributed by atoms with E-state index in [0.717, 1.165) is 26.2 Å². The topological polar surface area (TPSA) is 41.6 Å². The lowest BCUT2D eigenvalue weighted by atomic mass is 9.99. The third kappa shape index (κ3) is 5.33. The Labute approximate surface area is 140 Å². The molecule has 128 valence electrons. The van der Waals surface area contributed by atoms with E-state index in [-0.39, 0.29) is 12.0 Å². The molecule has 4 nitrogen and oxygen atoms in total. The van der Waals surface area contributed by atoms with Gasteiger partial charge in [-0.05, 0) is 57.7 Å². The number of aryl methyl sites for hydroxylation is 2. The average Bonchev–Trinajstić information content (AvgIpc) is 2.47. The van der Waals surface area contributed by atoms with E-state index in [1.807, 2.05) is 20.8 Å². The highest BCUT2D eigenvalue weighted by atomic mass is 16.6. The van der Waals surface area contributed by atoms with Crippen LogP contribution in [0, 0.1) is 13.8 Å². The minimum absolute atomic E-state index is 0.113. The summed E-state index contributed by atoms with van der Waals surface area (Å²) < 4.78 is 5.68. The molecule has 1 aromatic rings. The molecule has 23 heavy (non-hydrogen) atoms. The quantitative estimate of drug-likeness (QED) is 0.866. The van der Waals surface area contributed by atoms with Gasteiger partial charge in [0.1, 0.15) is 11.6 Å². The lowest BCUT2D eigenvalue weighted by Crippen LogP contribution is -2.53. The SMILES string of the molecule is Cc1ccc(C[C@@H](C(=O)OC(C)(C)C)N2CCNCC2)cc1C. The molecule has 0 aliphatic carbocycles. The highest BCUT2D eigenvalue weighted by molar-refractivity contribution is 5.76. The van der Waals surface area contributed by atoms with Crippen LogP contribution in [0.3, 0.4) is 0 Å². The van der Waals surface area contributed by atoms with E-state index in [2.05, 4.69) is 42.3 Å². The monoisotopic (exact) mass is 318 g/mol. The van der Waals surface area contributed by atoms with Gasteiger partial charge in [0.2, 0.25) is 0 Å². The van der Waals surface area contributed by atoms with E-state index in [1.165, 1.54) is 16.7 Å². The maximum Gasteiger partial charge on any atom is 0.324 e. The highest BCUT2D eigenvalue weighted by Crippen LogP contribution is 2.18. The predicted molar refractivity (Wildman–Crippen MR) is 93.7 cm³/mol. The Kier molecular flexibility index (Phi) is 5.82. The summed E-state index contributed by atoms with van der Waals surface area (Å²) in [5, 5.41) is 3.34. The fourth-order valence-corrected chi connectivity index (χ4v) is 2.88. The number of nitrogens with zero attached hydrogens (tertiary/aromatic N) is 1. The summed E-state index contributed by atoms with van der Waals surface area (Å²) in [5.41, 5.74) is 3.30. The Hall–Kier alpha value is -1.39. The molecule has 0 radical (unpaired) electrons. The van der Waals surface area contributed by atoms with Crippen LogP contribution in [-0.2, 0) is 16.0 Å². The Morgan fingerprint density at radius 1 is 1.22 bits per heavy atom. The van der Waals surface area contributed by atoms with Crippen LogP contribution in [-0.4, -0.2) is 48.7 Å². The van der Waals surface area contributed by atoms with Crippen molar-refractivity contribution < 1.29 is 9.53 Å². The third-order valence-electron chi connectivity index (χ3n) is 4.27. The van der Waals surface area contributed by atoms with Gasteiger partial charge < -0.3 is 10.1 Å². The van der Waals surface area contributed by atoms with Crippen molar-refractivity contribution in [1.29, 1.82) is 0 Å². The summed E-state index contributed by atoms with van der Waals surface area (Å²) in [6.07, 6.45) is 0.704. The molecule has 1 aromatic carbocycles. The number of carbonyl (C=O) groups excluding carboxylic acids is 1. The summed E-state index contributed by atoms with van der Waals surface area (Å²) in [6.45, 7) is 13.6. The number of hydrogen-bond acceptors (Lipinski definition) is 4. The molecule has 1 atom stereocenters. The molecule has 1 N–H and O–H groups in total. The number of benzene rings is 1. The minimum atomic E-state index is -0.452. The molecule has 4 heteroatoms. The number of ether oxygens (including phenoxy) is 1. The van der Waals surface area contributed by atoms with Gasteiger partial charge in [0.25, 0.3) is 0 Å². The lowest BCUT2D eigenvalue weighted by Gasteiger charge is -2.35. The maximum absolute atomic E-state index is 12.7. The first-order chi connectivity index (χ1) is 10.8. The number of nitrogens with one attached hydrogen (secondary N) is 1. The molecule has 0 aromatic heterocycles. The molecule has 0 unspecified atom stereocenters. The van der Waals surface area contributed by atoms with Gasteiger partial charge in [-0.15, -0.1) is 0 Å². The van der Waals surface area contributed by atoms with Crippen LogP contribution >= 0.6 is 0 Å². The van der Waals surface area contributed by atoms with Gasteiger partial charge in [-0.1, -0.05) is 18.2 Å². The van der Waals surface area contributed by atoms with Crippen molar-refractivity contribution in [3.05, 3.63) is 34.9 Å². The number of rotatable bonds is 4. The fourth-order valence-electron chi connectivity index (χ4n) is 2.88. The molecule has 0 amide bonds. The van der Waals surface area contributed by atoms with Crippen LogP contribution < -0.4 is 5.32 Å². The zero-order valence-corrected chi connectivity index (χ0v) is 15.1. The molecule has 0 spiro atoms. The number of hydrogen-bond donors (Lipinski definition) is 1. The third-order valence-corrected chi connectivity index (χ3v) is 4.27. The largest absolute Gasteiger partial charge is 0.459 e. The van der Waals surface area contributed by atoms with Gasteiger partial charge in [0, 0.05) is 26.2 Å². The van der Waals surface area contributed by atoms with Crippen LogP contribution in [0.4, 0.5) is 0 Å². The Balaban J connectivity index is 2.17. The number of carbonyl (C=O) groups is 1. The first-order valence-corrected chi connectivity index (χ1v) is 8.50. The van der Waals surface area contributed by atoms with Crippen LogP contribution in [0.15, 0.2) is 18.2 Å². The molecule has 2 rings (SSSR count). The maximum atomic E-state index is 12.7. The van der Waals surface area contributed by atoms with E-state index in [0.29, 0.717) is 6.42 Å². The van der Waals surface area contributed by atoms with Crippen LogP contribution in [0.25, 0.3) is 0 Å². The molecule has 0 bridgehead atoms. The van der Waals surface area contributed by atoms with Crippen LogP contribution in [0.5, 0.6) is 0 Å². The van der Waals surface area contributed by atoms with E-state index in [4.69, 9.17) is 4.74 Å². The zero-order chi connectivity index (χ0) is 17.0. The predicted octanol–water partition coefficient (Wildman–Crippen LogP) is 2.46. The molecular formula is C19H30N2O2. The Morgan fingerprint density at radius 2 is 1.87 bits per heavy atom. The summed E-state index contributed by atoms with van der Waals surface area (Å²) in [7, 11) is 0. The second-order valence-electron chi connectivity index (χ2n) is 7.46. The molecular weight excluding hydrogens is 288 g/mol. The van der Waals surface area contributed by atoms with Gasteiger partial charge in [-0.2, -0.15) is 0 Å². The molecule has 1 aliphatic rings. The molecule has 1 aliphatic heterocycles. The number of piperazine rings is 1. The summed E-state index contributed by atoms with van der Waals surface area (Å²) in [6, 6.07) is 6.24. The second-order valence-corrected chi connectivity index (χ2v) is 7.46. The smallest absolute Gasteiger partial charge is 0.324 e. The van der Waals surface area contributed by atoms with Gasteiger partial charge in [0.05, 0.1) is 0 Å². The Bertz CT molecular complexity index is 543. The van der Waals surface area contributed by atoms with Crippen molar-refractivity contribution in [2.75, 3.05) is 26.2 Å². The first-order valence-electron chi connectivity index (χ1n) is 8.50. The minimum Gasteiger partial charge on any atom is -0.459 e. The molecule has 0 saturated carbocycles. The lowest BCUT2D eigenvalue weighted by molar-refractivity contribution is -0.161. The normalized spacial score (nSPS) is 17.8. The van der Waals surface area contributed by atoms with Crippen LogP contribution in [0.2, 0.25) is 0 Å². The van der Waals surface area contributed by atoms with E-state index in [9.17, 15) is 4.79 Å². The van der Waals surface area contributed by atoms with Crippen molar-refractivity contribution in [2.24, 2.45) is 0 Å². The summed E-state index contributed by atoms with van der Waals surface area (Å²) >= 11 is 0. The van der Waals surface area contributed by atoms with Crippen LogP contribution in [0.1, 0.15) is 37.5 Å². The van der Waals surface area contributed by atoms with E-state index < -0.39 is 5.60 Å². The van der Waals surface area contributed by atoms with Crippen molar-refractivity contribution in [2.45, 2.75) is 52.7 Å². The summed E-state index contributed by atoms with van der Waals surface area (Å²) in [5.74, 6) is -0.113. The van der Waals surface area contributed by atoms with Crippen molar-refractivity contribution >= 4 is 5.97 Å². The summed E-state index contributed by atoms with van der Waals surface area (Å²) in [4.78, 5) is 15.0. The van der Waals surface area contributed by atoms with Gasteiger partial charge in [0.15, 0.2) is 0 Å². The van der Waals surface area contributed by atoms with Gasteiger partial charge >= 0.3 is 5.97 Å². The van der Waals surface area contributed by atoms with Gasteiger partial charge in [-0.3, -0.25) is 9.69 Å². The fraction of sp³-hybridized carbons (Fsp3) is 0.632. The van der Waals surface area contributed by atoms with Crippen molar-refractivity contribution in [3.63, 3.8) is 0 Å². The number of esters is 1. The molecule has 1 heterocycles. The second kappa shape index (κ2) is 7.45. The molecule has 1 saturated heterocycles. The van der Waals surface area contributed by atoms with Crippen molar-refractivity contribution in [1.82, 2.24) is 10.2 Å². The standard InChI is InChI=1S/C19H30N2O2/c1-14-6-7-16(12-15(14)2)13-17(18(22)23-19(3,4)5)21-10-8-20-9-11-21/h6-7,12,17,20H,8-11,13H2,1-5H3/t17-/m0/s1. The van der Waals surface area contributed by atoms with Crippen molar-refractivity contribution in [3.8, 4) is 0 Å². The van der Waals surface area contributed by atoms with Gasteiger partial charge in [-0.25, -0.2) is 0 Å². The molecule has 1 fully saturated rings.